The Labute approximate surface area is 172 Å². The number of carbonyl (C=O) groups excluding carboxylic acids is 2. The average Bonchev–Trinajstić information content (AvgIpc) is 2.69. The van der Waals surface area contributed by atoms with Gasteiger partial charge in [-0.2, -0.15) is 0 Å². The van der Waals surface area contributed by atoms with E-state index in [9.17, 15) is 14.4 Å². The van der Waals surface area contributed by atoms with Crippen LogP contribution in [0.2, 0.25) is 0 Å². The number of aromatic nitrogens is 2. The molecule has 0 saturated heterocycles. The van der Waals surface area contributed by atoms with Gasteiger partial charge in [0.25, 0.3) is 5.56 Å². The van der Waals surface area contributed by atoms with Crippen LogP contribution in [0.5, 0.6) is 0 Å². The van der Waals surface area contributed by atoms with E-state index in [1.165, 1.54) is 7.11 Å². The summed E-state index contributed by atoms with van der Waals surface area (Å²) in [7, 11) is 1.18. The summed E-state index contributed by atoms with van der Waals surface area (Å²) in [5.41, 5.74) is 2.90. The Bertz CT molecular complexity index is 1140. The molecule has 7 nitrogen and oxygen atoms in total. The van der Waals surface area contributed by atoms with Crippen LogP contribution in [0.3, 0.4) is 0 Å². The number of fused-ring (bicyclic) bond motifs is 1. The molecule has 0 aliphatic rings. The molecule has 0 radical (unpaired) electrons. The fourth-order valence-corrected chi connectivity index (χ4v) is 3.92. The molecule has 0 aliphatic carbocycles. The molecule has 0 saturated carbocycles. The maximum absolute atomic E-state index is 13.4. The largest absolute Gasteiger partial charge is 0.453 e. The first-order valence-electron chi connectivity index (χ1n) is 8.97. The number of alkyl carbamates (subject to hydrolysis) is 1. The third-order valence-electron chi connectivity index (χ3n) is 4.47. The van der Waals surface area contributed by atoms with E-state index in [-0.39, 0.29) is 5.56 Å². The number of hydrogen-bond acceptors (Lipinski definition) is 6. The number of para-hydroxylation sites is 2. The highest BCUT2D eigenvalue weighted by Gasteiger charge is 2.23. The molecule has 0 aliphatic heterocycles. The van der Waals surface area contributed by atoms with Crippen LogP contribution in [-0.4, -0.2) is 33.9 Å². The summed E-state index contributed by atoms with van der Waals surface area (Å²) in [5.74, 6) is -0.530. The lowest BCUT2D eigenvalue weighted by Gasteiger charge is -2.19. The van der Waals surface area contributed by atoms with Crippen LogP contribution in [-0.2, 0) is 9.53 Å². The summed E-state index contributed by atoms with van der Waals surface area (Å²) in [6, 6.07) is 12.9. The van der Waals surface area contributed by atoms with Crippen LogP contribution in [0, 0.1) is 13.8 Å². The van der Waals surface area contributed by atoms with E-state index in [2.05, 4.69) is 15.0 Å². The van der Waals surface area contributed by atoms with Crippen LogP contribution >= 0.6 is 11.8 Å². The fourth-order valence-electron chi connectivity index (χ4n) is 3.01. The number of nitrogens with zero attached hydrogens (tertiary/aromatic N) is 2. The first-order chi connectivity index (χ1) is 13.8. The van der Waals surface area contributed by atoms with Gasteiger partial charge in [-0.25, -0.2) is 9.78 Å². The number of hydrogen-bond donors (Lipinski definition) is 1. The molecule has 3 aromatic rings. The van der Waals surface area contributed by atoms with Gasteiger partial charge < -0.3 is 4.74 Å². The topological polar surface area (TPSA) is 90.3 Å². The van der Waals surface area contributed by atoms with Gasteiger partial charge in [0.2, 0.25) is 5.91 Å². The molecule has 8 heteroatoms. The summed E-state index contributed by atoms with van der Waals surface area (Å²) in [5, 5.41) is 2.33. The van der Waals surface area contributed by atoms with E-state index in [1.807, 2.05) is 32.0 Å². The molecule has 0 unspecified atom stereocenters. The van der Waals surface area contributed by atoms with Crippen LogP contribution in [0.1, 0.15) is 18.1 Å². The summed E-state index contributed by atoms with van der Waals surface area (Å²) in [6.45, 7) is 5.48. The van der Waals surface area contributed by atoms with Gasteiger partial charge in [-0.05, 0) is 44.0 Å². The normalized spacial score (nSPS) is 11.9. The summed E-state index contributed by atoms with van der Waals surface area (Å²) in [4.78, 5) is 41.7. The van der Waals surface area contributed by atoms with E-state index in [0.717, 1.165) is 28.6 Å². The highest BCUT2D eigenvalue weighted by molar-refractivity contribution is 8.00. The fraction of sp³-hybridized carbons (Fsp3) is 0.238. The Kier molecular flexibility index (Phi) is 6.03. The summed E-state index contributed by atoms with van der Waals surface area (Å²) >= 11 is 1.10. The van der Waals surface area contributed by atoms with Crippen molar-refractivity contribution in [3.8, 4) is 5.69 Å². The van der Waals surface area contributed by atoms with Crippen LogP contribution in [0.15, 0.2) is 52.4 Å². The van der Waals surface area contributed by atoms with Gasteiger partial charge >= 0.3 is 6.09 Å². The lowest BCUT2D eigenvalue weighted by Crippen LogP contribution is -2.36. The number of imide groups is 1. The SMILES string of the molecule is COC(=O)NC(=O)[C@H](C)Sc1nc2ccccc2c(=O)n1-c1c(C)cccc1C. The lowest BCUT2D eigenvalue weighted by molar-refractivity contribution is -0.119. The second-order valence-electron chi connectivity index (χ2n) is 6.53. The molecule has 0 bridgehead atoms. The Morgan fingerprint density at radius 1 is 1.10 bits per heavy atom. The number of benzene rings is 2. The molecule has 1 aromatic heterocycles. The Morgan fingerprint density at radius 2 is 1.76 bits per heavy atom. The van der Waals surface area contributed by atoms with E-state index in [0.29, 0.717) is 16.1 Å². The highest BCUT2D eigenvalue weighted by atomic mass is 32.2. The lowest BCUT2D eigenvalue weighted by atomic mass is 10.1. The first kappa shape index (κ1) is 20.6. The van der Waals surface area contributed by atoms with Gasteiger partial charge in [0.1, 0.15) is 0 Å². The molecule has 29 heavy (non-hydrogen) atoms. The zero-order valence-corrected chi connectivity index (χ0v) is 17.4. The second-order valence-corrected chi connectivity index (χ2v) is 7.84. The molecule has 0 spiro atoms. The predicted molar refractivity (Wildman–Crippen MR) is 113 cm³/mol. The third-order valence-corrected chi connectivity index (χ3v) is 5.52. The molecule has 2 aromatic carbocycles. The van der Waals surface area contributed by atoms with Gasteiger partial charge in [-0.1, -0.05) is 42.1 Å². The van der Waals surface area contributed by atoms with Crippen molar-refractivity contribution in [2.24, 2.45) is 0 Å². The van der Waals surface area contributed by atoms with Gasteiger partial charge in [-0.15, -0.1) is 0 Å². The van der Waals surface area contributed by atoms with E-state index >= 15 is 0 Å². The standard InChI is InChI=1S/C21H21N3O4S/c1-12-8-7-9-13(2)17(12)24-19(26)15-10-5-6-11-16(15)22-20(24)29-14(3)18(25)23-21(27)28-4/h5-11,14H,1-4H3,(H,23,25,27)/t14-/m0/s1. The van der Waals surface area contributed by atoms with Crippen LogP contribution in [0.4, 0.5) is 4.79 Å². The Balaban J connectivity index is 2.17. The number of amides is 2. The summed E-state index contributed by atoms with van der Waals surface area (Å²) < 4.78 is 6.01. The minimum atomic E-state index is -0.832. The molecule has 3 rings (SSSR count). The number of thioether (sulfide) groups is 1. The molecule has 1 N–H and O–H groups in total. The number of carbonyl (C=O) groups is 2. The van der Waals surface area contributed by atoms with Crippen molar-refractivity contribution >= 4 is 34.7 Å². The van der Waals surface area contributed by atoms with Crippen molar-refractivity contribution in [2.75, 3.05) is 7.11 Å². The van der Waals surface area contributed by atoms with Crippen molar-refractivity contribution in [3.63, 3.8) is 0 Å². The summed E-state index contributed by atoms with van der Waals surface area (Å²) in [6.07, 6.45) is -0.832. The molecule has 1 heterocycles. The highest BCUT2D eigenvalue weighted by Crippen LogP contribution is 2.27. The smallest absolute Gasteiger partial charge is 0.413 e. The second kappa shape index (κ2) is 8.48. The molecule has 2 amide bonds. The van der Waals surface area contributed by atoms with Crippen molar-refractivity contribution in [1.29, 1.82) is 0 Å². The molecule has 150 valence electrons. The van der Waals surface area contributed by atoms with E-state index in [4.69, 9.17) is 0 Å². The zero-order chi connectivity index (χ0) is 21.1. The minimum Gasteiger partial charge on any atom is -0.453 e. The van der Waals surface area contributed by atoms with Crippen LogP contribution in [0.25, 0.3) is 16.6 Å². The number of aryl methyl sites for hydroxylation is 2. The Hall–Kier alpha value is -3.13. The first-order valence-corrected chi connectivity index (χ1v) is 9.85. The molecular formula is C21H21N3O4S. The molecular weight excluding hydrogens is 390 g/mol. The van der Waals surface area contributed by atoms with Crippen molar-refractivity contribution in [2.45, 2.75) is 31.2 Å². The van der Waals surface area contributed by atoms with Crippen molar-refractivity contribution < 1.29 is 14.3 Å². The maximum atomic E-state index is 13.4. The van der Waals surface area contributed by atoms with Crippen molar-refractivity contribution in [3.05, 3.63) is 63.9 Å². The quantitative estimate of drug-likeness (QED) is 0.523. The minimum absolute atomic E-state index is 0.212. The Morgan fingerprint density at radius 3 is 2.41 bits per heavy atom. The predicted octanol–water partition coefficient (Wildman–Crippen LogP) is 3.37. The van der Waals surface area contributed by atoms with Gasteiger partial charge in [0.15, 0.2) is 5.16 Å². The zero-order valence-electron chi connectivity index (χ0n) is 16.6. The van der Waals surface area contributed by atoms with E-state index in [1.54, 1.807) is 35.8 Å². The average molecular weight is 411 g/mol. The van der Waals surface area contributed by atoms with Gasteiger partial charge in [0, 0.05) is 0 Å². The number of ether oxygens (including phenoxy) is 1. The maximum Gasteiger partial charge on any atom is 0.413 e. The van der Waals surface area contributed by atoms with Gasteiger partial charge in [0.05, 0.1) is 29.0 Å². The van der Waals surface area contributed by atoms with E-state index < -0.39 is 17.3 Å². The third kappa shape index (κ3) is 4.17. The van der Waals surface area contributed by atoms with Crippen molar-refractivity contribution in [1.82, 2.24) is 14.9 Å². The molecule has 0 fully saturated rings. The monoisotopic (exact) mass is 411 g/mol. The number of nitrogens with one attached hydrogen (secondary N) is 1. The van der Waals surface area contributed by atoms with Crippen LogP contribution < -0.4 is 10.9 Å². The molecule has 1 atom stereocenters. The van der Waals surface area contributed by atoms with Gasteiger partial charge in [-0.3, -0.25) is 19.5 Å². The number of rotatable bonds is 4. The number of methoxy groups -OCH3 is 1.